The number of hydrogen-bond donors (Lipinski definition) is 1. The van der Waals surface area contributed by atoms with Crippen LogP contribution in [0.4, 0.5) is 0 Å². The third-order valence-electron chi connectivity index (χ3n) is 2.43. The molecular weight excluding hydrogens is 358 g/mol. The predicted octanol–water partition coefficient (Wildman–Crippen LogP) is 3.59. The Balaban J connectivity index is 3.24. The van der Waals surface area contributed by atoms with Crippen LogP contribution >= 0.6 is 34.8 Å². The van der Waals surface area contributed by atoms with Gasteiger partial charge in [-0.3, -0.25) is 0 Å². The molecular formula is C13H11Cl3O6. The van der Waals surface area contributed by atoms with Crippen LogP contribution in [0.5, 0.6) is 5.75 Å². The molecule has 1 rings (SSSR count). The van der Waals surface area contributed by atoms with Crippen molar-refractivity contribution in [3.05, 3.63) is 26.7 Å². The Bertz CT molecular complexity index is 614. The average molecular weight is 370 g/mol. The zero-order valence-corrected chi connectivity index (χ0v) is 13.6. The summed E-state index contributed by atoms with van der Waals surface area (Å²) in [5.74, 6) is -4.91. The Kier molecular flexibility index (Phi) is 6.93. The molecule has 1 aromatic rings. The van der Waals surface area contributed by atoms with E-state index in [2.05, 4.69) is 4.74 Å². The minimum Gasteiger partial charge on any atom is -0.473 e. The lowest BCUT2D eigenvalue weighted by molar-refractivity contribution is -0.158. The summed E-state index contributed by atoms with van der Waals surface area (Å²) in [6.07, 6.45) is 1.40. The maximum absolute atomic E-state index is 12.1. The zero-order chi connectivity index (χ0) is 16.9. The molecule has 9 heteroatoms. The first-order chi connectivity index (χ1) is 10.3. The Hall–Kier alpha value is -1.50. The fourth-order valence-electron chi connectivity index (χ4n) is 1.38. The molecule has 1 N–H and O–H groups in total. The number of ether oxygens (including phenoxy) is 2. The van der Waals surface area contributed by atoms with Gasteiger partial charge in [-0.05, 0) is 12.5 Å². The van der Waals surface area contributed by atoms with Crippen molar-refractivity contribution in [1.82, 2.24) is 0 Å². The van der Waals surface area contributed by atoms with Crippen molar-refractivity contribution < 1.29 is 29.0 Å². The van der Waals surface area contributed by atoms with Gasteiger partial charge >= 0.3 is 17.9 Å². The van der Waals surface area contributed by atoms with E-state index in [1.807, 2.05) is 6.92 Å². The van der Waals surface area contributed by atoms with E-state index >= 15 is 0 Å². The van der Waals surface area contributed by atoms with Gasteiger partial charge in [-0.1, -0.05) is 48.1 Å². The molecule has 0 radical (unpaired) electrons. The number of halogens is 3. The summed E-state index contributed by atoms with van der Waals surface area (Å²) in [7, 11) is 0. The maximum atomic E-state index is 12.1. The van der Waals surface area contributed by atoms with Gasteiger partial charge in [0.2, 0.25) is 0 Å². The SMILES string of the molecule is CCCCOC(=O)c1c(Cl)c(Cl)cc(Cl)c1OC(=O)C(=O)O. The molecule has 1 aromatic carbocycles. The van der Waals surface area contributed by atoms with Crippen LogP contribution in [0.25, 0.3) is 0 Å². The fraction of sp³-hybridized carbons (Fsp3) is 0.308. The topological polar surface area (TPSA) is 89.9 Å². The van der Waals surface area contributed by atoms with Gasteiger partial charge in [-0.25, -0.2) is 14.4 Å². The monoisotopic (exact) mass is 368 g/mol. The summed E-state index contributed by atoms with van der Waals surface area (Å²) in [4.78, 5) is 33.8. The van der Waals surface area contributed by atoms with E-state index in [-0.39, 0.29) is 21.7 Å². The van der Waals surface area contributed by atoms with Crippen LogP contribution in [0.3, 0.4) is 0 Å². The second-order valence-electron chi connectivity index (χ2n) is 4.04. The summed E-state index contributed by atoms with van der Waals surface area (Å²) >= 11 is 17.6. The average Bonchev–Trinajstić information content (AvgIpc) is 2.44. The van der Waals surface area contributed by atoms with Gasteiger partial charge in [0.15, 0.2) is 5.75 Å². The largest absolute Gasteiger partial charge is 0.473 e. The molecule has 0 saturated carbocycles. The number of esters is 2. The number of benzene rings is 1. The molecule has 120 valence electrons. The molecule has 0 spiro atoms. The minimum absolute atomic E-state index is 0.0655. The number of aliphatic carboxylic acids is 1. The summed E-state index contributed by atoms with van der Waals surface area (Å²) in [5.41, 5.74) is -0.398. The Morgan fingerprint density at radius 1 is 1.18 bits per heavy atom. The molecule has 0 unspecified atom stereocenters. The third-order valence-corrected chi connectivity index (χ3v) is 3.50. The number of hydrogen-bond acceptors (Lipinski definition) is 5. The molecule has 0 fully saturated rings. The summed E-state index contributed by atoms with van der Waals surface area (Å²) in [6.45, 7) is 2.01. The van der Waals surface area contributed by atoms with Gasteiger partial charge in [-0.2, -0.15) is 0 Å². The summed E-state index contributed by atoms with van der Waals surface area (Å²) in [6, 6.07) is 1.12. The van der Waals surface area contributed by atoms with Gasteiger partial charge in [0.1, 0.15) is 5.56 Å². The van der Waals surface area contributed by atoms with Crippen molar-refractivity contribution in [2.75, 3.05) is 6.61 Å². The van der Waals surface area contributed by atoms with Crippen LogP contribution in [-0.2, 0) is 14.3 Å². The molecule has 0 bridgehead atoms. The Morgan fingerprint density at radius 2 is 1.82 bits per heavy atom. The first-order valence-corrected chi connectivity index (χ1v) is 7.22. The molecule has 22 heavy (non-hydrogen) atoms. The highest BCUT2D eigenvalue weighted by atomic mass is 35.5. The van der Waals surface area contributed by atoms with Gasteiger partial charge in [0.05, 0.1) is 21.7 Å². The normalized spacial score (nSPS) is 10.2. The number of carboxylic acid groups (broad SMARTS) is 1. The molecule has 0 atom stereocenters. The van der Waals surface area contributed by atoms with Crippen LogP contribution in [0, 0.1) is 0 Å². The Labute approximate surface area is 140 Å². The molecule has 0 saturated heterocycles. The number of rotatable bonds is 5. The van der Waals surface area contributed by atoms with Gasteiger partial charge in [0.25, 0.3) is 0 Å². The third kappa shape index (κ3) is 4.50. The summed E-state index contributed by atoms with van der Waals surface area (Å²) in [5, 5.41) is 8.01. The lowest BCUT2D eigenvalue weighted by Gasteiger charge is -2.13. The van der Waals surface area contributed by atoms with Crippen LogP contribution in [0.1, 0.15) is 30.1 Å². The van der Waals surface area contributed by atoms with Gasteiger partial charge in [-0.15, -0.1) is 0 Å². The molecule has 6 nitrogen and oxygen atoms in total. The fourth-order valence-corrected chi connectivity index (χ4v) is 2.10. The molecule has 0 amide bonds. The number of carbonyl (C=O) groups is 3. The first-order valence-electron chi connectivity index (χ1n) is 6.09. The molecule has 0 aromatic heterocycles. The van der Waals surface area contributed by atoms with Crippen molar-refractivity contribution >= 4 is 52.7 Å². The van der Waals surface area contributed by atoms with Crippen molar-refractivity contribution in [3.63, 3.8) is 0 Å². The van der Waals surface area contributed by atoms with E-state index in [4.69, 9.17) is 44.6 Å². The lowest BCUT2D eigenvalue weighted by Crippen LogP contribution is -2.21. The lowest BCUT2D eigenvalue weighted by atomic mass is 10.2. The maximum Gasteiger partial charge on any atom is 0.422 e. The second-order valence-corrected chi connectivity index (χ2v) is 5.23. The van der Waals surface area contributed by atoms with Crippen LogP contribution in [0.2, 0.25) is 15.1 Å². The predicted molar refractivity (Wildman–Crippen MR) is 79.9 cm³/mol. The van der Waals surface area contributed by atoms with E-state index < -0.39 is 29.2 Å². The standard InChI is InChI=1S/C13H11Cl3O6/c1-2-3-4-21-12(19)8-9(16)6(14)5-7(15)10(8)22-13(20)11(17)18/h5H,2-4H2,1H3,(H,17,18). The highest BCUT2D eigenvalue weighted by Crippen LogP contribution is 2.39. The number of carbonyl (C=O) groups excluding carboxylic acids is 2. The quantitative estimate of drug-likeness (QED) is 0.280. The molecule has 0 aliphatic carbocycles. The van der Waals surface area contributed by atoms with E-state index in [1.54, 1.807) is 0 Å². The highest BCUT2D eigenvalue weighted by molar-refractivity contribution is 6.46. The smallest absolute Gasteiger partial charge is 0.422 e. The first kappa shape index (κ1) is 18.5. The van der Waals surface area contributed by atoms with Crippen LogP contribution in [-0.4, -0.2) is 29.6 Å². The molecule has 0 aliphatic heterocycles. The summed E-state index contributed by atoms with van der Waals surface area (Å²) < 4.78 is 9.55. The van der Waals surface area contributed by atoms with Crippen molar-refractivity contribution in [3.8, 4) is 5.75 Å². The van der Waals surface area contributed by atoms with Crippen molar-refractivity contribution in [2.24, 2.45) is 0 Å². The van der Waals surface area contributed by atoms with Crippen molar-refractivity contribution in [1.29, 1.82) is 0 Å². The van der Waals surface area contributed by atoms with Gasteiger partial charge < -0.3 is 14.6 Å². The van der Waals surface area contributed by atoms with E-state index in [9.17, 15) is 14.4 Å². The van der Waals surface area contributed by atoms with E-state index in [0.717, 1.165) is 12.5 Å². The Morgan fingerprint density at radius 3 is 2.36 bits per heavy atom. The minimum atomic E-state index is -1.85. The van der Waals surface area contributed by atoms with Crippen LogP contribution in [0.15, 0.2) is 6.07 Å². The number of unbranched alkanes of at least 4 members (excludes halogenated alkanes) is 1. The molecule has 0 aliphatic rings. The van der Waals surface area contributed by atoms with Gasteiger partial charge in [0, 0.05) is 0 Å². The molecule has 0 heterocycles. The highest BCUT2D eigenvalue weighted by Gasteiger charge is 2.27. The second kappa shape index (κ2) is 8.22. The van der Waals surface area contributed by atoms with Crippen LogP contribution < -0.4 is 4.74 Å². The van der Waals surface area contributed by atoms with E-state index in [1.165, 1.54) is 0 Å². The van der Waals surface area contributed by atoms with Crippen molar-refractivity contribution in [2.45, 2.75) is 19.8 Å². The zero-order valence-electron chi connectivity index (χ0n) is 11.3. The number of carboxylic acids is 1. The van der Waals surface area contributed by atoms with E-state index in [0.29, 0.717) is 6.42 Å².